The van der Waals surface area contributed by atoms with Crippen LogP contribution in [0.25, 0.3) is 0 Å². The van der Waals surface area contributed by atoms with E-state index in [9.17, 15) is 9.18 Å². The van der Waals surface area contributed by atoms with Crippen LogP contribution in [0.4, 0.5) is 9.52 Å². The average Bonchev–Trinajstić information content (AvgIpc) is 2.94. The van der Waals surface area contributed by atoms with Crippen molar-refractivity contribution in [1.82, 2.24) is 9.88 Å². The van der Waals surface area contributed by atoms with Crippen molar-refractivity contribution in [1.29, 1.82) is 0 Å². The topological polar surface area (TPSA) is 45.2 Å². The number of hydrogen-bond donors (Lipinski definition) is 1. The lowest BCUT2D eigenvalue weighted by molar-refractivity contribution is 0.102. The number of piperidine rings is 1. The van der Waals surface area contributed by atoms with E-state index in [0.717, 1.165) is 37.3 Å². The Labute approximate surface area is 149 Å². The lowest BCUT2D eigenvalue weighted by atomic mass is 10.0. The molecule has 1 saturated heterocycles. The van der Waals surface area contributed by atoms with Gasteiger partial charge in [-0.25, -0.2) is 9.37 Å². The van der Waals surface area contributed by atoms with E-state index in [1.165, 1.54) is 36.3 Å². The number of nitrogens with one attached hydrogen (secondary N) is 1. The second kappa shape index (κ2) is 7.59. The second-order valence-electron chi connectivity index (χ2n) is 6.20. The van der Waals surface area contributed by atoms with Crippen molar-refractivity contribution in [3.63, 3.8) is 0 Å². The van der Waals surface area contributed by atoms with Crippen LogP contribution in [0.2, 0.25) is 5.02 Å². The summed E-state index contributed by atoms with van der Waals surface area (Å²) in [5.41, 5.74) is 1.19. The van der Waals surface area contributed by atoms with Gasteiger partial charge in [-0.05, 0) is 43.5 Å². The van der Waals surface area contributed by atoms with Crippen molar-refractivity contribution in [2.24, 2.45) is 5.92 Å². The monoisotopic (exact) mass is 367 g/mol. The number of amides is 1. The Bertz CT molecular complexity index is 736. The zero-order valence-corrected chi connectivity index (χ0v) is 15.0. The summed E-state index contributed by atoms with van der Waals surface area (Å²) < 4.78 is 13.1. The van der Waals surface area contributed by atoms with Gasteiger partial charge in [0.2, 0.25) is 0 Å². The molecule has 7 heteroatoms. The highest BCUT2D eigenvalue weighted by molar-refractivity contribution is 7.14. The van der Waals surface area contributed by atoms with E-state index in [1.807, 2.05) is 5.38 Å². The van der Waals surface area contributed by atoms with Crippen LogP contribution in [-0.4, -0.2) is 28.9 Å². The summed E-state index contributed by atoms with van der Waals surface area (Å²) in [4.78, 5) is 19.1. The van der Waals surface area contributed by atoms with Gasteiger partial charge >= 0.3 is 0 Å². The summed E-state index contributed by atoms with van der Waals surface area (Å²) in [5, 5.41) is 5.31. The smallest absolute Gasteiger partial charge is 0.258 e. The van der Waals surface area contributed by atoms with E-state index in [4.69, 9.17) is 11.6 Å². The maximum Gasteiger partial charge on any atom is 0.258 e. The molecular formula is C17H19ClFN3OS. The minimum atomic E-state index is -0.469. The van der Waals surface area contributed by atoms with Crippen molar-refractivity contribution >= 4 is 34.0 Å². The number of benzene rings is 1. The predicted octanol–water partition coefficient (Wildman–Crippen LogP) is 4.42. The van der Waals surface area contributed by atoms with Gasteiger partial charge in [0, 0.05) is 18.5 Å². The molecule has 1 amide bonds. The second-order valence-corrected chi connectivity index (χ2v) is 7.47. The lowest BCUT2D eigenvalue weighted by Crippen LogP contribution is -2.33. The molecular weight excluding hydrogens is 349 g/mol. The SMILES string of the molecule is C[C@@H]1CCCN(Cc2csc(NC(=O)c3ccc(F)cc3Cl)n2)C1. The summed E-state index contributed by atoms with van der Waals surface area (Å²) in [5.74, 6) is -0.131. The van der Waals surface area contributed by atoms with Crippen LogP contribution in [0.3, 0.4) is 0 Å². The first-order valence-electron chi connectivity index (χ1n) is 7.94. The quantitative estimate of drug-likeness (QED) is 0.870. The van der Waals surface area contributed by atoms with Gasteiger partial charge < -0.3 is 0 Å². The summed E-state index contributed by atoms with van der Waals surface area (Å²) >= 11 is 7.30. The van der Waals surface area contributed by atoms with E-state index >= 15 is 0 Å². The van der Waals surface area contributed by atoms with Crippen LogP contribution < -0.4 is 5.32 Å². The van der Waals surface area contributed by atoms with Crippen molar-refractivity contribution in [2.75, 3.05) is 18.4 Å². The van der Waals surface area contributed by atoms with Crippen LogP contribution in [0.15, 0.2) is 23.6 Å². The number of hydrogen-bond acceptors (Lipinski definition) is 4. The summed E-state index contributed by atoms with van der Waals surface area (Å²) in [6.45, 7) is 5.25. The lowest BCUT2D eigenvalue weighted by Gasteiger charge is -2.30. The third-order valence-corrected chi connectivity index (χ3v) is 5.19. The zero-order valence-electron chi connectivity index (χ0n) is 13.4. The maximum absolute atomic E-state index is 13.1. The highest BCUT2D eigenvalue weighted by atomic mass is 35.5. The molecule has 1 N–H and O–H groups in total. The molecule has 24 heavy (non-hydrogen) atoms. The summed E-state index contributed by atoms with van der Waals surface area (Å²) in [6, 6.07) is 3.71. The van der Waals surface area contributed by atoms with E-state index < -0.39 is 5.82 Å². The molecule has 2 heterocycles. The highest BCUT2D eigenvalue weighted by Crippen LogP contribution is 2.23. The van der Waals surface area contributed by atoms with Gasteiger partial charge in [-0.1, -0.05) is 18.5 Å². The number of rotatable bonds is 4. The average molecular weight is 368 g/mol. The number of carbonyl (C=O) groups is 1. The van der Waals surface area contributed by atoms with Gasteiger partial charge in [0.05, 0.1) is 16.3 Å². The predicted molar refractivity (Wildman–Crippen MR) is 95.2 cm³/mol. The third-order valence-electron chi connectivity index (χ3n) is 4.07. The Morgan fingerprint density at radius 1 is 1.54 bits per heavy atom. The molecule has 1 fully saturated rings. The Balaban J connectivity index is 1.62. The molecule has 0 aliphatic carbocycles. The molecule has 1 aliphatic rings. The van der Waals surface area contributed by atoms with Crippen LogP contribution in [-0.2, 0) is 6.54 Å². The van der Waals surface area contributed by atoms with E-state index in [1.54, 1.807) is 0 Å². The number of likely N-dealkylation sites (tertiary alicyclic amines) is 1. The third kappa shape index (κ3) is 4.32. The molecule has 0 saturated carbocycles. The van der Waals surface area contributed by atoms with Crippen LogP contribution in [0.5, 0.6) is 0 Å². The van der Waals surface area contributed by atoms with Crippen LogP contribution in [0.1, 0.15) is 35.8 Å². The molecule has 1 aromatic carbocycles. The highest BCUT2D eigenvalue weighted by Gasteiger charge is 2.18. The Hall–Kier alpha value is -1.50. The fourth-order valence-corrected chi connectivity index (χ4v) is 3.88. The molecule has 0 radical (unpaired) electrons. The largest absolute Gasteiger partial charge is 0.298 e. The van der Waals surface area contributed by atoms with Crippen molar-refractivity contribution in [3.05, 3.63) is 45.7 Å². The van der Waals surface area contributed by atoms with Gasteiger partial charge in [0.15, 0.2) is 5.13 Å². The molecule has 1 aromatic heterocycles. The van der Waals surface area contributed by atoms with Gasteiger partial charge in [-0.15, -0.1) is 11.3 Å². The Morgan fingerprint density at radius 2 is 2.38 bits per heavy atom. The first-order valence-corrected chi connectivity index (χ1v) is 9.20. The molecule has 128 valence electrons. The summed E-state index contributed by atoms with van der Waals surface area (Å²) in [7, 11) is 0. The summed E-state index contributed by atoms with van der Waals surface area (Å²) in [6.07, 6.45) is 2.51. The van der Waals surface area contributed by atoms with Gasteiger partial charge in [-0.3, -0.25) is 15.0 Å². The Kier molecular flexibility index (Phi) is 5.48. The van der Waals surface area contributed by atoms with E-state index in [2.05, 4.69) is 22.1 Å². The first kappa shape index (κ1) is 17.3. The molecule has 0 spiro atoms. The molecule has 3 rings (SSSR count). The number of anilines is 1. The standard InChI is InChI=1S/C17H19ClFN3OS/c1-11-3-2-6-22(8-11)9-13-10-24-17(20-13)21-16(23)14-5-4-12(19)7-15(14)18/h4-5,7,10-11H,2-3,6,8-9H2,1H3,(H,20,21,23)/t11-/m1/s1. The van der Waals surface area contributed by atoms with Crippen LogP contribution in [0, 0.1) is 11.7 Å². The molecule has 0 bridgehead atoms. The van der Waals surface area contributed by atoms with Crippen molar-refractivity contribution in [3.8, 4) is 0 Å². The molecule has 0 unspecified atom stereocenters. The minimum Gasteiger partial charge on any atom is -0.298 e. The number of aromatic nitrogens is 1. The first-order chi connectivity index (χ1) is 11.5. The molecule has 1 atom stereocenters. The zero-order chi connectivity index (χ0) is 17.1. The fourth-order valence-electron chi connectivity index (χ4n) is 2.93. The Morgan fingerprint density at radius 3 is 3.12 bits per heavy atom. The maximum atomic E-state index is 13.1. The van der Waals surface area contributed by atoms with E-state index in [-0.39, 0.29) is 16.5 Å². The molecule has 2 aromatic rings. The van der Waals surface area contributed by atoms with Crippen molar-refractivity contribution < 1.29 is 9.18 Å². The number of halogens is 2. The van der Waals surface area contributed by atoms with Gasteiger partial charge in [-0.2, -0.15) is 0 Å². The molecule has 4 nitrogen and oxygen atoms in total. The number of thiazole rings is 1. The normalized spacial score (nSPS) is 18.5. The number of carbonyl (C=O) groups excluding carboxylic acids is 1. The van der Waals surface area contributed by atoms with Gasteiger partial charge in [0.25, 0.3) is 5.91 Å². The van der Waals surface area contributed by atoms with Crippen LogP contribution >= 0.6 is 22.9 Å². The fraction of sp³-hybridized carbons (Fsp3) is 0.412. The minimum absolute atomic E-state index is 0.0894. The van der Waals surface area contributed by atoms with Gasteiger partial charge in [0.1, 0.15) is 5.82 Å². The molecule has 1 aliphatic heterocycles. The van der Waals surface area contributed by atoms with Crippen molar-refractivity contribution in [2.45, 2.75) is 26.3 Å². The number of nitrogens with zero attached hydrogens (tertiary/aromatic N) is 2. The van der Waals surface area contributed by atoms with E-state index in [0.29, 0.717) is 5.13 Å².